The molecule has 2 aliphatic heterocycles. The Morgan fingerprint density at radius 3 is 1.99 bits per heavy atom. The lowest BCUT2D eigenvalue weighted by atomic mass is 9.69. The number of imidazole rings is 2. The number of halogens is 2. The summed E-state index contributed by atoms with van der Waals surface area (Å²) in [6.07, 6.45) is 3.47. The predicted octanol–water partition coefficient (Wildman–Crippen LogP) is 5.53. The van der Waals surface area contributed by atoms with E-state index in [2.05, 4.69) is 39.9 Å². The summed E-state index contributed by atoms with van der Waals surface area (Å²) in [7, 11) is 0. The minimum Gasteiger partial charge on any atom is -0.490 e. The molecule has 4 fully saturated rings. The van der Waals surface area contributed by atoms with Crippen LogP contribution in [0.1, 0.15) is 52.0 Å². The van der Waals surface area contributed by atoms with Gasteiger partial charge in [0.2, 0.25) is 0 Å². The molecule has 2 aliphatic carbocycles. The van der Waals surface area contributed by atoms with E-state index in [-0.39, 0.29) is 35.1 Å². The Balaban J connectivity index is 0.000000148. The van der Waals surface area contributed by atoms with Crippen LogP contribution < -0.4 is 20.9 Å². The van der Waals surface area contributed by atoms with Crippen molar-refractivity contribution in [3.05, 3.63) is 96.3 Å². The summed E-state index contributed by atoms with van der Waals surface area (Å²) in [5.41, 5.74) is 13.6. The van der Waals surface area contributed by atoms with E-state index in [0.29, 0.717) is 64.7 Å². The van der Waals surface area contributed by atoms with Crippen molar-refractivity contribution in [1.29, 1.82) is 0 Å². The zero-order valence-electron chi connectivity index (χ0n) is 35.8. The lowest BCUT2D eigenvalue weighted by Crippen LogP contribution is -2.57. The molecule has 344 valence electrons. The highest BCUT2D eigenvalue weighted by molar-refractivity contribution is 6.33. The van der Waals surface area contributed by atoms with Gasteiger partial charge in [0, 0.05) is 61.4 Å². The van der Waals surface area contributed by atoms with Crippen LogP contribution in [0.2, 0.25) is 10.3 Å². The number of hydrogen-bond donors (Lipinski definition) is 4. The Morgan fingerprint density at radius 1 is 0.731 bits per heavy atom. The number of aromatic nitrogens is 10. The van der Waals surface area contributed by atoms with E-state index in [0.717, 1.165) is 27.6 Å². The van der Waals surface area contributed by atoms with Gasteiger partial charge in [-0.1, -0.05) is 30.1 Å². The van der Waals surface area contributed by atoms with Crippen LogP contribution in [0.5, 0.6) is 11.5 Å². The molecule has 0 bridgehead atoms. The summed E-state index contributed by atoms with van der Waals surface area (Å²) in [5.74, 6) is 1.60. The first-order valence-corrected chi connectivity index (χ1v) is 22.2. The fourth-order valence-electron chi connectivity index (χ4n) is 9.77. The first-order chi connectivity index (χ1) is 32.3. The van der Waals surface area contributed by atoms with Crippen molar-refractivity contribution < 1.29 is 38.7 Å². The molecule has 8 heterocycles. The fraction of sp³-hybridized carbons (Fsp3) is 0.356. The summed E-state index contributed by atoms with van der Waals surface area (Å²) in [6, 6.07) is 18.7. The van der Waals surface area contributed by atoms with Gasteiger partial charge in [-0.2, -0.15) is 0 Å². The maximum atomic E-state index is 11.9. The van der Waals surface area contributed by atoms with Gasteiger partial charge in [0.15, 0.2) is 40.8 Å². The topological polar surface area (TPSA) is 269 Å². The molecule has 0 amide bonds. The van der Waals surface area contributed by atoms with Crippen LogP contribution in [-0.2, 0) is 19.0 Å². The molecule has 67 heavy (non-hydrogen) atoms. The first kappa shape index (κ1) is 43.0. The molecule has 2 saturated carbocycles. The zero-order chi connectivity index (χ0) is 46.4. The summed E-state index contributed by atoms with van der Waals surface area (Å²) in [6.45, 7) is 3.43. The molecule has 2 spiro atoms. The average molecular weight is 950 g/mol. The molecule has 8 aromatic rings. The largest absolute Gasteiger partial charge is 0.490 e. The molecule has 20 nitrogen and oxygen atoms in total. The molecule has 2 saturated heterocycles. The highest BCUT2D eigenvalue weighted by Crippen LogP contribution is 2.55. The van der Waals surface area contributed by atoms with Gasteiger partial charge in [0.25, 0.3) is 0 Å². The van der Waals surface area contributed by atoms with E-state index in [9.17, 15) is 15.0 Å². The highest BCUT2D eigenvalue weighted by Gasteiger charge is 2.63. The Labute approximate surface area is 390 Å². The van der Waals surface area contributed by atoms with Crippen LogP contribution in [0.15, 0.2) is 86.0 Å². The Bertz CT molecular complexity index is 3220. The molecule has 6 aromatic heterocycles. The first-order valence-electron chi connectivity index (χ1n) is 21.5. The third kappa shape index (κ3) is 7.53. The number of anilines is 2. The van der Waals surface area contributed by atoms with Gasteiger partial charge >= 0.3 is 5.97 Å². The van der Waals surface area contributed by atoms with E-state index in [1.54, 1.807) is 27.6 Å². The molecule has 6 N–H and O–H groups in total. The molecule has 2 aromatic carbocycles. The molecule has 12 rings (SSSR count). The Kier molecular flexibility index (Phi) is 10.5. The Morgan fingerprint density at radius 2 is 1.30 bits per heavy atom. The second kappa shape index (κ2) is 16.4. The molecule has 22 heteroatoms. The van der Waals surface area contributed by atoms with Crippen molar-refractivity contribution in [3.63, 3.8) is 0 Å². The summed E-state index contributed by atoms with van der Waals surface area (Å²) in [5, 5.41) is 24.1. The molecular formula is C45H42Cl2N12O8. The predicted molar refractivity (Wildman–Crippen MR) is 243 cm³/mol. The number of aliphatic hydroxyl groups excluding tert-OH is 2. The van der Waals surface area contributed by atoms with Gasteiger partial charge in [-0.15, -0.1) is 0 Å². The number of carbonyl (C=O) groups excluding carboxylic acids is 1. The number of ether oxygens (including phenoxy) is 5. The maximum Gasteiger partial charge on any atom is 0.303 e. The lowest BCUT2D eigenvalue weighted by molar-refractivity contribution is -0.182. The molecular weight excluding hydrogens is 907 g/mol. The quantitative estimate of drug-likeness (QED) is 0.0869. The normalized spacial score (nSPS) is 28.7. The number of aliphatic hydroxyl groups is 2. The zero-order valence-corrected chi connectivity index (χ0v) is 37.3. The number of fused-ring (bicyclic) bond motifs is 4. The minimum absolute atomic E-state index is 0.0536. The second-order valence-electron chi connectivity index (χ2n) is 17.4. The van der Waals surface area contributed by atoms with E-state index in [1.807, 2.05) is 55.5 Å². The monoisotopic (exact) mass is 948 g/mol. The number of rotatable bonds is 7. The van der Waals surface area contributed by atoms with Crippen LogP contribution in [0, 0.1) is 5.92 Å². The smallest absolute Gasteiger partial charge is 0.303 e. The molecule has 4 aliphatic rings. The Hall–Kier alpha value is -6.55. The third-order valence-electron chi connectivity index (χ3n) is 13.2. The van der Waals surface area contributed by atoms with Gasteiger partial charge < -0.3 is 45.4 Å². The van der Waals surface area contributed by atoms with Crippen molar-refractivity contribution in [1.82, 2.24) is 49.0 Å². The van der Waals surface area contributed by atoms with Crippen molar-refractivity contribution in [2.45, 2.75) is 93.7 Å². The number of pyridine rings is 2. The number of nitrogens with two attached hydrogens (primary N) is 2. The number of hydrogen-bond acceptors (Lipinski definition) is 18. The number of benzene rings is 2. The average Bonchev–Trinajstić information content (AvgIpc) is 4.04. The molecule has 6 atom stereocenters. The number of nitrogen functional groups attached to an aromatic ring is 2. The van der Waals surface area contributed by atoms with Gasteiger partial charge in [-0.3, -0.25) is 13.9 Å². The number of nitrogens with zero attached hydrogens (tertiary/aromatic N) is 10. The summed E-state index contributed by atoms with van der Waals surface area (Å²) >= 11 is 12.2. The minimum atomic E-state index is -1.16. The van der Waals surface area contributed by atoms with Gasteiger partial charge in [-0.05, 0) is 48.5 Å². The van der Waals surface area contributed by atoms with Crippen molar-refractivity contribution in [2.24, 2.45) is 5.92 Å². The van der Waals surface area contributed by atoms with Crippen LogP contribution in [0.4, 0.5) is 11.6 Å². The van der Waals surface area contributed by atoms with E-state index in [4.69, 9.17) is 58.4 Å². The fourth-order valence-corrected chi connectivity index (χ4v) is 10.1. The van der Waals surface area contributed by atoms with Gasteiger partial charge in [0.05, 0.1) is 29.3 Å². The van der Waals surface area contributed by atoms with E-state index < -0.39 is 42.0 Å². The lowest BCUT2D eigenvalue weighted by Gasteiger charge is -2.46. The van der Waals surface area contributed by atoms with E-state index >= 15 is 0 Å². The van der Waals surface area contributed by atoms with Gasteiger partial charge in [0.1, 0.15) is 76.2 Å². The maximum absolute atomic E-state index is 11.9. The standard InChI is InChI=1S/C24H21Cl2N5O4.C21H21N7O4/c1-12-20(33-13(2)32)23(31-11-29-19-21(26)27-10-28-22(19)31)35-24(12)8-16(9-24)34-15-5-3-14-4-6-18(25)30-17(14)7-15;22-14-4-2-10-1-3-11(5-13(10)27-14)31-12-6-21(7-12)17(30)16(29)20(32-21)28-9-26-15-18(23)24-8-25-19(15)28/h3-7,10-12,16,20,23H,8-9H2,1-2H3;1-5,8-9,12,16-17,20,29-30H,6-7H2,(H2,22,27)(H2,23,24,25)/t12-,16?,20?,23+,24?;12?,16-,17+,20-,21?/m01/s1. The summed E-state index contributed by atoms with van der Waals surface area (Å²) < 4.78 is 34.1. The SMILES string of the molecule is CC(=O)OC1[C@H](n2cnc3c(Cl)ncnc32)OC2(CC(Oc3ccc4ccc(Cl)nc4c3)C2)[C@H]1C.Nc1ccc2ccc(OC3CC4(C3)O[C@@H](n3cnc5c(N)ncnc53)[C@H](O)[C@@H]4O)cc2n1. The summed E-state index contributed by atoms with van der Waals surface area (Å²) in [4.78, 5) is 45.6. The van der Waals surface area contributed by atoms with E-state index in [1.165, 1.54) is 25.9 Å². The van der Waals surface area contributed by atoms with Crippen LogP contribution in [0.3, 0.4) is 0 Å². The van der Waals surface area contributed by atoms with Crippen molar-refractivity contribution in [3.8, 4) is 11.5 Å². The van der Waals surface area contributed by atoms with Crippen LogP contribution in [-0.4, -0.2) is 107 Å². The second-order valence-corrected chi connectivity index (χ2v) is 18.1. The molecule has 0 radical (unpaired) electrons. The molecule has 1 unspecified atom stereocenters. The number of esters is 1. The van der Waals surface area contributed by atoms with Crippen molar-refractivity contribution in [2.75, 3.05) is 11.5 Å². The highest BCUT2D eigenvalue weighted by atomic mass is 35.5. The van der Waals surface area contributed by atoms with Crippen LogP contribution in [0.25, 0.3) is 44.1 Å². The van der Waals surface area contributed by atoms with Crippen LogP contribution >= 0.6 is 23.2 Å². The van der Waals surface area contributed by atoms with Crippen molar-refractivity contribution >= 4 is 84.9 Å². The van der Waals surface area contributed by atoms with Gasteiger partial charge in [-0.25, -0.2) is 39.9 Å². The third-order valence-corrected chi connectivity index (χ3v) is 13.7. The number of carbonyl (C=O) groups is 1.